The molecule has 0 aliphatic carbocycles. The van der Waals surface area contributed by atoms with Gasteiger partial charge in [-0.2, -0.15) is 0 Å². The van der Waals surface area contributed by atoms with E-state index in [1.165, 1.54) is 6.07 Å². The van der Waals surface area contributed by atoms with E-state index in [0.717, 1.165) is 4.47 Å². The molecule has 2 rings (SSSR count). The molecule has 0 spiro atoms. The molecule has 17 heavy (non-hydrogen) atoms. The molecule has 0 aliphatic heterocycles. The number of rotatable bonds is 2. The van der Waals surface area contributed by atoms with E-state index >= 15 is 0 Å². The van der Waals surface area contributed by atoms with Crippen LogP contribution in [-0.2, 0) is 4.74 Å². The van der Waals surface area contributed by atoms with Gasteiger partial charge in [0, 0.05) is 15.9 Å². The van der Waals surface area contributed by atoms with Crippen molar-refractivity contribution in [3.8, 4) is 0 Å². The monoisotopic (exact) mass is 295 g/mol. The number of carbonyl (C=O) groups is 1. The molecule has 0 amide bonds. The van der Waals surface area contributed by atoms with E-state index in [0.29, 0.717) is 10.9 Å². The number of carbonyl (C=O) groups excluding carboxylic acids is 1. The summed E-state index contributed by atoms with van der Waals surface area (Å²) in [6.07, 6.45) is 0. The first-order valence-electron chi connectivity index (χ1n) is 5.12. The number of benzene rings is 1. The Bertz CT molecular complexity index is 633. The quantitative estimate of drug-likeness (QED) is 0.866. The van der Waals surface area contributed by atoms with Gasteiger partial charge in [0.15, 0.2) is 5.43 Å². The molecule has 5 heteroatoms. The van der Waals surface area contributed by atoms with Crippen molar-refractivity contribution >= 4 is 32.8 Å². The number of H-pyrrole nitrogens is 1. The molecule has 0 unspecified atom stereocenters. The predicted molar refractivity (Wildman–Crippen MR) is 68.2 cm³/mol. The molecule has 1 aromatic carbocycles. The van der Waals surface area contributed by atoms with Crippen LogP contribution in [0.1, 0.15) is 17.4 Å². The maximum absolute atomic E-state index is 11.8. The zero-order valence-corrected chi connectivity index (χ0v) is 10.7. The van der Waals surface area contributed by atoms with Gasteiger partial charge in [-0.25, -0.2) is 4.79 Å². The van der Waals surface area contributed by atoms with Gasteiger partial charge in [-0.15, -0.1) is 0 Å². The number of ether oxygens (including phenoxy) is 1. The van der Waals surface area contributed by atoms with E-state index in [2.05, 4.69) is 20.9 Å². The molecule has 4 nitrogen and oxygen atoms in total. The van der Waals surface area contributed by atoms with Gasteiger partial charge in [0.05, 0.1) is 12.1 Å². The summed E-state index contributed by atoms with van der Waals surface area (Å²) in [6.45, 7) is 1.99. The lowest BCUT2D eigenvalue weighted by Gasteiger charge is -2.05. The smallest absolute Gasteiger partial charge is 0.354 e. The lowest BCUT2D eigenvalue weighted by Crippen LogP contribution is -2.12. The summed E-state index contributed by atoms with van der Waals surface area (Å²) in [5, 5.41) is 0.535. The van der Waals surface area contributed by atoms with Gasteiger partial charge in [-0.3, -0.25) is 4.79 Å². The molecule has 1 N–H and O–H groups in total. The number of aromatic amines is 1. The average Bonchev–Trinajstić information content (AvgIpc) is 2.30. The first-order chi connectivity index (χ1) is 8.13. The Hall–Kier alpha value is -1.62. The number of halogens is 1. The van der Waals surface area contributed by atoms with Crippen LogP contribution in [0.25, 0.3) is 10.9 Å². The van der Waals surface area contributed by atoms with E-state index < -0.39 is 5.97 Å². The van der Waals surface area contributed by atoms with Gasteiger partial charge in [0.25, 0.3) is 0 Å². The molecule has 1 heterocycles. The van der Waals surface area contributed by atoms with Crippen molar-refractivity contribution < 1.29 is 9.53 Å². The number of hydrogen-bond acceptors (Lipinski definition) is 3. The van der Waals surface area contributed by atoms with Crippen molar-refractivity contribution in [2.24, 2.45) is 0 Å². The summed E-state index contributed by atoms with van der Waals surface area (Å²) in [5.74, 6) is -0.526. The van der Waals surface area contributed by atoms with Crippen LogP contribution < -0.4 is 5.43 Å². The Balaban J connectivity index is 2.66. The number of esters is 1. The zero-order chi connectivity index (χ0) is 12.4. The standard InChI is InChI=1S/C12H10BrNO3/c1-2-17-12(16)9-6-10(15)7-4-3-5-8(13)11(7)14-9/h3-6H,2H2,1H3,(H,14,15). The summed E-state index contributed by atoms with van der Waals surface area (Å²) in [7, 11) is 0. The fourth-order valence-corrected chi connectivity index (χ4v) is 2.02. The van der Waals surface area contributed by atoms with Crippen molar-refractivity contribution in [2.75, 3.05) is 6.61 Å². The minimum atomic E-state index is -0.526. The lowest BCUT2D eigenvalue weighted by molar-refractivity contribution is 0.0520. The third-order valence-corrected chi connectivity index (χ3v) is 2.97. The highest BCUT2D eigenvalue weighted by molar-refractivity contribution is 9.10. The molecule has 0 atom stereocenters. The molecule has 0 fully saturated rings. The van der Waals surface area contributed by atoms with Crippen molar-refractivity contribution in [1.82, 2.24) is 4.98 Å². The van der Waals surface area contributed by atoms with E-state index in [9.17, 15) is 9.59 Å². The molecular formula is C12H10BrNO3. The third kappa shape index (κ3) is 2.24. The number of pyridine rings is 1. The summed E-state index contributed by atoms with van der Waals surface area (Å²) in [6, 6.07) is 6.53. The highest BCUT2D eigenvalue weighted by atomic mass is 79.9. The predicted octanol–water partition coefficient (Wildman–Crippen LogP) is 2.47. The molecule has 0 radical (unpaired) electrons. The number of fused-ring (bicyclic) bond motifs is 1. The number of nitrogens with one attached hydrogen (secondary N) is 1. The van der Waals surface area contributed by atoms with Gasteiger partial charge < -0.3 is 9.72 Å². The van der Waals surface area contributed by atoms with Crippen molar-refractivity contribution in [1.29, 1.82) is 0 Å². The van der Waals surface area contributed by atoms with Crippen molar-refractivity contribution in [3.05, 3.63) is 44.7 Å². The first-order valence-corrected chi connectivity index (χ1v) is 5.91. The molecule has 0 saturated heterocycles. The topological polar surface area (TPSA) is 59.2 Å². The number of hydrogen-bond donors (Lipinski definition) is 1. The van der Waals surface area contributed by atoms with Gasteiger partial charge in [-0.1, -0.05) is 6.07 Å². The van der Waals surface area contributed by atoms with Gasteiger partial charge in [0.1, 0.15) is 5.69 Å². The molecule has 88 valence electrons. The minimum Gasteiger partial charge on any atom is -0.461 e. The van der Waals surface area contributed by atoms with E-state index in [4.69, 9.17) is 4.74 Å². The minimum absolute atomic E-state index is 0.163. The molecular weight excluding hydrogens is 286 g/mol. The van der Waals surface area contributed by atoms with E-state index in [1.54, 1.807) is 25.1 Å². The third-order valence-electron chi connectivity index (χ3n) is 2.31. The first kappa shape index (κ1) is 11.9. The van der Waals surface area contributed by atoms with Crippen LogP contribution in [0.5, 0.6) is 0 Å². The van der Waals surface area contributed by atoms with Crippen LogP contribution in [0.15, 0.2) is 33.5 Å². The van der Waals surface area contributed by atoms with Crippen LogP contribution in [0.3, 0.4) is 0 Å². The Labute approximate surface area is 106 Å². The van der Waals surface area contributed by atoms with Crippen LogP contribution in [-0.4, -0.2) is 17.6 Å². The summed E-state index contributed by atoms with van der Waals surface area (Å²) in [5.41, 5.74) is 0.558. The summed E-state index contributed by atoms with van der Waals surface area (Å²) < 4.78 is 5.58. The van der Waals surface area contributed by atoms with Crippen molar-refractivity contribution in [2.45, 2.75) is 6.92 Å². The van der Waals surface area contributed by atoms with Crippen LogP contribution in [0, 0.1) is 0 Å². The SMILES string of the molecule is CCOC(=O)c1cc(=O)c2cccc(Br)c2[nH]1. The van der Waals surface area contributed by atoms with E-state index in [-0.39, 0.29) is 17.7 Å². The normalized spacial score (nSPS) is 10.5. The van der Waals surface area contributed by atoms with Crippen molar-refractivity contribution in [3.63, 3.8) is 0 Å². The molecule has 2 aromatic rings. The Morgan fingerprint density at radius 2 is 2.24 bits per heavy atom. The second-order valence-corrected chi connectivity index (χ2v) is 4.28. The van der Waals surface area contributed by atoms with Gasteiger partial charge in [0.2, 0.25) is 0 Å². The maximum atomic E-state index is 11.8. The average molecular weight is 296 g/mol. The fraction of sp³-hybridized carbons (Fsp3) is 0.167. The molecule has 0 saturated carbocycles. The highest BCUT2D eigenvalue weighted by Gasteiger charge is 2.11. The largest absolute Gasteiger partial charge is 0.461 e. The highest BCUT2D eigenvalue weighted by Crippen LogP contribution is 2.19. The zero-order valence-electron chi connectivity index (χ0n) is 9.12. The molecule has 0 bridgehead atoms. The van der Waals surface area contributed by atoms with Crippen LogP contribution in [0.4, 0.5) is 0 Å². The second-order valence-electron chi connectivity index (χ2n) is 3.43. The molecule has 1 aromatic heterocycles. The Morgan fingerprint density at radius 3 is 2.94 bits per heavy atom. The maximum Gasteiger partial charge on any atom is 0.354 e. The van der Waals surface area contributed by atoms with Gasteiger partial charge >= 0.3 is 5.97 Å². The van der Waals surface area contributed by atoms with Crippen LogP contribution in [0.2, 0.25) is 0 Å². The fourth-order valence-electron chi connectivity index (χ4n) is 1.55. The number of para-hydroxylation sites is 1. The van der Waals surface area contributed by atoms with Crippen LogP contribution >= 0.6 is 15.9 Å². The van der Waals surface area contributed by atoms with Gasteiger partial charge in [-0.05, 0) is 35.0 Å². The summed E-state index contributed by atoms with van der Waals surface area (Å²) >= 11 is 3.33. The molecule has 0 aliphatic rings. The lowest BCUT2D eigenvalue weighted by atomic mass is 10.2. The Kier molecular flexibility index (Phi) is 3.28. The number of aromatic nitrogens is 1. The van der Waals surface area contributed by atoms with E-state index in [1.807, 2.05) is 0 Å². The summed E-state index contributed by atoms with van der Waals surface area (Å²) in [4.78, 5) is 26.3. The second kappa shape index (κ2) is 4.71. The Morgan fingerprint density at radius 1 is 1.47 bits per heavy atom.